The molecule has 3 unspecified atom stereocenters. The molecule has 1 aromatic rings. The lowest BCUT2D eigenvalue weighted by molar-refractivity contribution is 0.293. The van der Waals surface area contributed by atoms with Crippen molar-refractivity contribution < 1.29 is 4.39 Å². The molecule has 2 N–H and O–H groups in total. The van der Waals surface area contributed by atoms with Crippen molar-refractivity contribution in [2.24, 2.45) is 0 Å². The van der Waals surface area contributed by atoms with E-state index in [1.165, 1.54) is 5.56 Å². The molecule has 1 fully saturated rings. The largest absolute Gasteiger partial charge is 0.311 e. The number of nitrogens with one attached hydrogen (secondary N) is 2. The minimum absolute atomic E-state index is 0.161. The van der Waals surface area contributed by atoms with Crippen LogP contribution in [0.1, 0.15) is 31.7 Å². The molecule has 3 atom stereocenters. The monoisotopic (exact) mass is 236 g/mol. The van der Waals surface area contributed by atoms with E-state index in [2.05, 4.69) is 24.5 Å². The van der Waals surface area contributed by atoms with Gasteiger partial charge in [-0.15, -0.1) is 0 Å². The molecule has 0 spiro atoms. The van der Waals surface area contributed by atoms with Gasteiger partial charge in [0, 0.05) is 31.1 Å². The van der Waals surface area contributed by atoms with Crippen LogP contribution in [0.5, 0.6) is 0 Å². The Hall–Kier alpha value is -0.930. The van der Waals surface area contributed by atoms with E-state index in [9.17, 15) is 4.39 Å². The summed E-state index contributed by atoms with van der Waals surface area (Å²) in [5.74, 6) is 0.282. The van der Waals surface area contributed by atoms with Gasteiger partial charge < -0.3 is 10.6 Å². The minimum atomic E-state index is -0.161. The third-order valence-corrected chi connectivity index (χ3v) is 3.68. The van der Waals surface area contributed by atoms with Crippen molar-refractivity contribution >= 4 is 0 Å². The zero-order valence-electron chi connectivity index (χ0n) is 10.5. The number of piperazine rings is 1. The first-order valence-electron chi connectivity index (χ1n) is 6.44. The molecule has 0 aliphatic carbocycles. The van der Waals surface area contributed by atoms with E-state index >= 15 is 0 Å². The topological polar surface area (TPSA) is 24.1 Å². The molecule has 2 nitrogen and oxygen atoms in total. The standard InChI is InChI=1S/C14H21FN2/c1-3-13(11-4-6-12(15)7-5-11)14-10(2)16-8-9-17-14/h4-7,10,13-14,16-17H,3,8-9H2,1-2H3. The van der Waals surface area contributed by atoms with Crippen LogP contribution in [0.2, 0.25) is 0 Å². The minimum Gasteiger partial charge on any atom is -0.311 e. The summed E-state index contributed by atoms with van der Waals surface area (Å²) in [5.41, 5.74) is 1.22. The van der Waals surface area contributed by atoms with E-state index in [1.54, 1.807) is 12.1 Å². The van der Waals surface area contributed by atoms with Gasteiger partial charge in [0.25, 0.3) is 0 Å². The Morgan fingerprint density at radius 2 is 1.88 bits per heavy atom. The molecule has 1 aliphatic heterocycles. The Morgan fingerprint density at radius 1 is 1.24 bits per heavy atom. The van der Waals surface area contributed by atoms with Crippen molar-refractivity contribution in [1.29, 1.82) is 0 Å². The average molecular weight is 236 g/mol. The fourth-order valence-electron chi connectivity index (χ4n) is 2.74. The molecule has 1 heterocycles. The number of hydrogen-bond donors (Lipinski definition) is 2. The molecule has 1 saturated heterocycles. The second-order valence-corrected chi connectivity index (χ2v) is 4.79. The van der Waals surface area contributed by atoms with E-state index < -0.39 is 0 Å². The number of hydrogen-bond acceptors (Lipinski definition) is 2. The molecular formula is C14H21FN2. The molecule has 17 heavy (non-hydrogen) atoms. The Morgan fingerprint density at radius 3 is 2.47 bits per heavy atom. The van der Waals surface area contributed by atoms with E-state index in [-0.39, 0.29) is 5.82 Å². The lowest BCUT2D eigenvalue weighted by Crippen LogP contribution is -2.56. The first-order valence-corrected chi connectivity index (χ1v) is 6.44. The highest BCUT2D eigenvalue weighted by Gasteiger charge is 2.28. The average Bonchev–Trinajstić information content (AvgIpc) is 2.35. The summed E-state index contributed by atoms with van der Waals surface area (Å²) in [6.45, 7) is 6.43. The van der Waals surface area contributed by atoms with Crippen LogP contribution in [-0.2, 0) is 0 Å². The van der Waals surface area contributed by atoms with Gasteiger partial charge in [-0.25, -0.2) is 4.39 Å². The van der Waals surface area contributed by atoms with Crippen LogP contribution >= 0.6 is 0 Å². The van der Waals surface area contributed by atoms with E-state index in [0.717, 1.165) is 19.5 Å². The van der Waals surface area contributed by atoms with E-state index in [4.69, 9.17) is 0 Å². The molecule has 94 valence electrons. The van der Waals surface area contributed by atoms with Crippen LogP contribution in [-0.4, -0.2) is 25.2 Å². The number of benzene rings is 1. The summed E-state index contributed by atoms with van der Waals surface area (Å²) in [6, 6.07) is 7.81. The molecule has 1 aliphatic rings. The molecule has 0 saturated carbocycles. The molecule has 0 aromatic heterocycles. The van der Waals surface area contributed by atoms with E-state index in [1.807, 2.05) is 12.1 Å². The fourth-order valence-corrected chi connectivity index (χ4v) is 2.74. The molecule has 0 radical (unpaired) electrons. The summed E-state index contributed by atoms with van der Waals surface area (Å²) in [6.07, 6.45) is 1.06. The van der Waals surface area contributed by atoms with Crippen LogP contribution in [0, 0.1) is 5.82 Å². The van der Waals surface area contributed by atoms with Crippen LogP contribution in [0.15, 0.2) is 24.3 Å². The van der Waals surface area contributed by atoms with Gasteiger partial charge in [-0.05, 0) is 31.0 Å². The highest BCUT2D eigenvalue weighted by atomic mass is 19.1. The Balaban J connectivity index is 2.17. The van der Waals surface area contributed by atoms with Crippen LogP contribution in [0.3, 0.4) is 0 Å². The van der Waals surface area contributed by atoms with Gasteiger partial charge in [-0.3, -0.25) is 0 Å². The summed E-state index contributed by atoms with van der Waals surface area (Å²) in [5, 5.41) is 7.07. The van der Waals surface area contributed by atoms with Crippen molar-refractivity contribution in [3.05, 3.63) is 35.6 Å². The highest BCUT2D eigenvalue weighted by Crippen LogP contribution is 2.26. The molecule has 1 aromatic carbocycles. The van der Waals surface area contributed by atoms with Gasteiger partial charge in [-0.2, -0.15) is 0 Å². The summed E-state index contributed by atoms with van der Waals surface area (Å²) in [7, 11) is 0. The first kappa shape index (κ1) is 12.5. The van der Waals surface area contributed by atoms with Gasteiger partial charge in [0.15, 0.2) is 0 Å². The maximum atomic E-state index is 12.9. The maximum absolute atomic E-state index is 12.9. The highest BCUT2D eigenvalue weighted by molar-refractivity contribution is 5.23. The lowest BCUT2D eigenvalue weighted by Gasteiger charge is -2.37. The second-order valence-electron chi connectivity index (χ2n) is 4.79. The maximum Gasteiger partial charge on any atom is 0.123 e. The van der Waals surface area contributed by atoms with Crippen LogP contribution in [0.4, 0.5) is 4.39 Å². The number of halogens is 1. The van der Waals surface area contributed by atoms with Gasteiger partial charge in [0.2, 0.25) is 0 Å². The fraction of sp³-hybridized carbons (Fsp3) is 0.571. The predicted molar refractivity (Wildman–Crippen MR) is 68.7 cm³/mol. The molecular weight excluding hydrogens is 215 g/mol. The Labute approximate surface area is 103 Å². The van der Waals surface area contributed by atoms with E-state index in [0.29, 0.717) is 18.0 Å². The quantitative estimate of drug-likeness (QED) is 0.841. The first-order chi connectivity index (χ1) is 8.22. The Kier molecular flexibility index (Phi) is 4.13. The van der Waals surface area contributed by atoms with Crippen LogP contribution in [0.25, 0.3) is 0 Å². The Bertz CT molecular complexity index is 350. The normalized spacial score (nSPS) is 26.8. The van der Waals surface area contributed by atoms with Gasteiger partial charge in [-0.1, -0.05) is 19.1 Å². The lowest BCUT2D eigenvalue weighted by atomic mass is 9.84. The summed E-state index contributed by atoms with van der Waals surface area (Å²) >= 11 is 0. The van der Waals surface area contributed by atoms with Crippen molar-refractivity contribution in [2.75, 3.05) is 13.1 Å². The van der Waals surface area contributed by atoms with Gasteiger partial charge in [0.1, 0.15) is 5.82 Å². The molecule has 3 heteroatoms. The SMILES string of the molecule is CCC(c1ccc(F)cc1)C1NCCNC1C. The zero-order chi connectivity index (χ0) is 12.3. The van der Waals surface area contributed by atoms with Crippen molar-refractivity contribution in [3.8, 4) is 0 Å². The summed E-state index contributed by atoms with van der Waals surface area (Å²) in [4.78, 5) is 0. The third-order valence-electron chi connectivity index (χ3n) is 3.68. The van der Waals surface area contributed by atoms with Crippen molar-refractivity contribution in [3.63, 3.8) is 0 Å². The van der Waals surface area contributed by atoms with Gasteiger partial charge in [0.05, 0.1) is 0 Å². The summed E-state index contributed by atoms with van der Waals surface area (Å²) < 4.78 is 12.9. The number of rotatable bonds is 3. The zero-order valence-corrected chi connectivity index (χ0v) is 10.5. The van der Waals surface area contributed by atoms with Crippen molar-refractivity contribution in [2.45, 2.75) is 38.3 Å². The molecule has 0 bridgehead atoms. The van der Waals surface area contributed by atoms with Crippen LogP contribution < -0.4 is 10.6 Å². The molecule has 0 amide bonds. The predicted octanol–water partition coefficient (Wildman–Crippen LogP) is 2.27. The van der Waals surface area contributed by atoms with Gasteiger partial charge >= 0.3 is 0 Å². The smallest absolute Gasteiger partial charge is 0.123 e. The second kappa shape index (κ2) is 5.61. The molecule has 2 rings (SSSR count). The van der Waals surface area contributed by atoms with Crippen molar-refractivity contribution in [1.82, 2.24) is 10.6 Å². The third kappa shape index (κ3) is 2.85.